The van der Waals surface area contributed by atoms with Gasteiger partial charge in [0.15, 0.2) is 17.4 Å². The van der Waals surface area contributed by atoms with Crippen LogP contribution in [0, 0.1) is 11.6 Å². The first-order valence-corrected chi connectivity index (χ1v) is 9.36. The second kappa shape index (κ2) is 9.67. The van der Waals surface area contributed by atoms with E-state index in [0.29, 0.717) is 18.2 Å². The Hall–Kier alpha value is -4.43. The molecule has 3 N–H and O–H groups in total. The third-order valence-electron chi connectivity index (χ3n) is 4.27. The second-order valence-corrected chi connectivity index (χ2v) is 6.79. The molecule has 3 rings (SSSR count). The van der Waals surface area contributed by atoms with E-state index in [0.717, 1.165) is 18.3 Å². The Kier molecular flexibility index (Phi) is 7.03. The molecule has 0 radical (unpaired) electrons. The first kappa shape index (κ1) is 26.2. The molecule has 2 aromatic carbocycles. The zero-order valence-corrected chi connectivity index (χ0v) is 17.3. The molecule has 0 unspecified atom stereocenters. The fourth-order valence-electron chi connectivity index (χ4n) is 2.76. The molecule has 0 atom stereocenters. The van der Waals surface area contributed by atoms with Crippen molar-refractivity contribution >= 4 is 17.5 Å². The van der Waals surface area contributed by atoms with Crippen LogP contribution in [0.5, 0.6) is 17.2 Å². The van der Waals surface area contributed by atoms with Crippen molar-refractivity contribution in [3.63, 3.8) is 0 Å². The number of anilines is 1. The Bertz CT molecular complexity index is 1310. The molecule has 1 heterocycles. The predicted molar refractivity (Wildman–Crippen MR) is 105 cm³/mol. The number of rotatable bonds is 6. The van der Waals surface area contributed by atoms with Crippen molar-refractivity contribution in [3.8, 4) is 17.2 Å². The van der Waals surface area contributed by atoms with Gasteiger partial charge in [-0.1, -0.05) is 0 Å². The van der Waals surface area contributed by atoms with Gasteiger partial charge in [-0.2, -0.15) is 13.2 Å². The van der Waals surface area contributed by atoms with Gasteiger partial charge < -0.3 is 20.5 Å². The van der Waals surface area contributed by atoms with Gasteiger partial charge in [0.25, 0.3) is 11.8 Å². The van der Waals surface area contributed by atoms with Crippen LogP contribution in [0.1, 0.15) is 26.4 Å². The van der Waals surface area contributed by atoms with Gasteiger partial charge >= 0.3 is 12.5 Å². The molecule has 2 amide bonds. The van der Waals surface area contributed by atoms with Gasteiger partial charge in [0.05, 0.1) is 17.4 Å². The molecule has 0 saturated heterocycles. The number of nitrogens with one attached hydrogen (secondary N) is 1. The van der Waals surface area contributed by atoms with Crippen molar-refractivity contribution in [2.75, 3.05) is 5.32 Å². The summed E-state index contributed by atoms with van der Waals surface area (Å²) >= 11 is 0. The molecule has 3 aromatic rings. The summed E-state index contributed by atoms with van der Waals surface area (Å²) in [6.07, 6.45) is -9.46. The summed E-state index contributed by atoms with van der Waals surface area (Å²) in [5.41, 5.74) is 1.47. The Labute approximate surface area is 195 Å². The van der Waals surface area contributed by atoms with Crippen molar-refractivity contribution in [2.45, 2.75) is 12.5 Å². The molecule has 0 bridgehead atoms. The van der Waals surface area contributed by atoms with Gasteiger partial charge in [0.2, 0.25) is 0 Å². The smallest absolute Gasteiger partial charge is 0.453 e. The van der Waals surface area contributed by atoms with Gasteiger partial charge in [-0.05, 0) is 36.4 Å². The van der Waals surface area contributed by atoms with E-state index in [4.69, 9.17) is 10.5 Å². The lowest BCUT2D eigenvalue weighted by molar-refractivity contribution is -0.274. The van der Waals surface area contributed by atoms with Gasteiger partial charge in [0, 0.05) is 6.07 Å². The SMILES string of the molecule is NC(=O)c1ccc(NC(=O)c2c(Oc3ccc(OC(F)(F)F)cc3F)ccc(C(F)(F)F)c2F)cn1. The van der Waals surface area contributed by atoms with E-state index in [1.807, 2.05) is 5.32 Å². The molecule has 36 heavy (non-hydrogen) atoms. The summed E-state index contributed by atoms with van der Waals surface area (Å²) in [6, 6.07) is 4.42. The molecule has 0 aliphatic rings. The van der Waals surface area contributed by atoms with Crippen LogP contribution >= 0.6 is 0 Å². The highest BCUT2D eigenvalue weighted by Gasteiger charge is 2.37. The van der Waals surface area contributed by atoms with E-state index in [-0.39, 0.29) is 23.5 Å². The van der Waals surface area contributed by atoms with E-state index in [9.17, 15) is 44.7 Å². The zero-order valence-electron chi connectivity index (χ0n) is 17.3. The number of carbonyl (C=O) groups excluding carboxylic acids is 2. The van der Waals surface area contributed by atoms with Gasteiger partial charge in [0.1, 0.15) is 22.8 Å². The topological polar surface area (TPSA) is 104 Å². The first-order chi connectivity index (χ1) is 16.7. The molecule has 0 aliphatic heterocycles. The third kappa shape index (κ3) is 6.17. The average molecular weight is 521 g/mol. The van der Waals surface area contributed by atoms with Crippen molar-refractivity contribution in [2.24, 2.45) is 5.73 Å². The number of hydrogen-bond donors (Lipinski definition) is 2. The normalized spacial score (nSPS) is 11.7. The maximum Gasteiger partial charge on any atom is 0.573 e. The number of carbonyl (C=O) groups is 2. The molecular formula is C21H11F8N3O4. The zero-order chi connectivity index (χ0) is 26.8. The molecule has 0 saturated carbocycles. The van der Waals surface area contributed by atoms with Crippen molar-refractivity contribution in [3.05, 3.63) is 77.1 Å². The fraction of sp³-hybridized carbons (Fsp3) is 0.0952. The Morgan fingerprint density at radius 2 is 1.58 bits per heavy atom. The average Bonchev–Trinajstić information content (AvgIpc) is 2.74. The summed E-state index contributed by atoms with van der Waals surface area (Å²) < 4.78 is 114. The van der Waals surface area contributed by atoms with Crippen molar-refractivity contribution in [1.82, 2.24) is 4.98 Å². The van der Waals surface area contributed by atoms with E-state index in [1.54, 1.807) is 0 Å². The predicted octanol–water partition coefficient (Wildman–Crippen LogP) is 5.42. The minimum absolute atomic E-state index is 0.187. The summed E-state index contributed by atoms with van der Waals surface area (Å²) in [6.45, 7) is 0. The maximum atomic E-state index is 14.8. The number of primary amides is 1. The van der Waals surface area contributed by atoms with Crippen LogP contribution in [0.4, 0.5) is 40.8 Å². The van der Waals surface area contributed by atoms with Gasteiger partial charge in [-0.3, -0.25) is 9.59 Å². The molecule has 0 aliphatic carbocycles. The lowest BCUT2D eigenvalue weighted by Gasteiger charge is -2.17. The standard InChI is InChI=1S/C21H11F8N3O4/c22-12-7-10(36-21(27,28)29)2-5-14(12)35-15-6-3-11(20(24,25)26)17(23)16(15)19(34)32-9-1-4-13(18(30)33)31-8-9/h1-8H,(H2,30,33)(H,32,34). The van der Waals surface area contributed by atoms with Crippen LogP contribution in [0.15, 0.2) is 48.7 Å². The number of amides is 2. The van der Waals surface area contributed by atoms with E-state index in [1.165, 1.54) is 0 Å². The highest BCUT2D eigenvalue weighted by atomic mass is 19.4. The first-order valence-electron chi connectivity index (χ1n) is 9.36. The number of aromatic nitrogens is 1. The monoisotopic (exact) mass is 521 g/mol. The fourth-order valence-corrected chi connectivity index (χ4v) is 2.76. The van der Waals surface area contributed by atoms with E-state index >= 15 is 0 Å². The second-order valence-electron chi connectivity index (χ2n) is 6.79. The van der Waals surface area contributed by atoms with Crippen LogP contribution in [0.3, 0.4) is 0 Å². The minimum Gasteiger partial charge on any atom is -0.453 e. The number of benzene rings is 2. The highest BCUT2D eigenvalue weighted by molar-refractivity contribution is 6.06. The molecule has 1 aromatic heterocycles. The summed E-state index contributed by atoms with van der Waals surface area (Å²) in [4.78, 5) is 27.4. The quantitative estimate of drug-likeness (QED) is 0.422. The molecule has 190 valence electrons. The van der Waals surface area contributed by atoms with E-state index < -0.39 is 64.4 Å². The van der Waals surface area contributed by atoms with Crippen LogP contribution in [0.2, 0.25) is 0 Å². The number of nitrogens with zero attached hydrogens (tertiary/aromatic N) is 1. The van der Waals surface area contributed by atoms with Crippen LogP contribution in [-0.4, -0.2) is 23.2 Å². The minimum atomic E-state index is -5.23. The number of halogens is 8. The largest absolute Gasteiger partial charge is 0.573 e. The number of hydrogen-bond acceptors (Lipinski definition) is 5. The van der Waals surface area contributed by atoms with Crippen LogP contribution < -0.4 is 20.5 Å². The Balaban J connectivity index is 1.99. The number of alkyl halides is 6. The summed E-state index contributed by atoms with van der Waals surface area (Å²) in [7, 11) is 0. The summed E-state index contributed by atoms with van der Waals surface area (Å²) in [5, 5.41) is 2.04. The maximum absolute atomic E-state index is 14.8. The number of ether oxygens (including phenoxy) is 2. The molecule has 7 nitrogen and oxygen atoms in total. The van der Waals surface area contributed by atoms with Gasteiger partial charge in [-0.15, -0.1) is 13.2 Å². The Morgan fingerprint density at radius 3 is 2.11 bits per heavy atom. The molecule has 0 spiro atoms. The lowest BCUT2D eigenvalue weighted by atomic mass is 10.1. The molecule has 0 fully saturated rings. The Morgan fingerprint density at radius 1 is 0.917 bits per heavy atom. The van der Waals surface area contributed by atoms with Crippen molar-refractivity contribution < 1.29 is 54.2 Å². The third-order valence-corrected chi connectivity index (χ3v) is 4.27. The number of nitrogens with two attached hydrogens (primary N) is 1. The summed E-state index contributed by atoms with van der Waals surface area (Å²) in [5.74, 6) is -8.67. The van der Waals surface area contributed by atoms with Crippen LogP contribution in [-0.2, 0) is 6.18 Å². The highest BCUT2D eigenvalue weighted by Crippen LogP contribution is 2.38. The lowest BCUT2D eigenvalue weighted by Crippen LogP contribution is -2.19. The van der Waals surface area contributed by atoms with Gasteiger partial charge in [-0.25, -0.2) is 13.8 Å². The molecular weight excluding hydrogens is 510 g/mol. The molecule has 15 heteroatoms. The van der Waals surface area contributed by atoms with E-state index in [2.05, 4.69) is 9.72 Å². The number of pyridine rings is 1. The van der Waals surface area contributed by atoms with Crippen LogP contribution in [0.25, 0.3) is 0 Å². The van der Waals surface area contributed by atoms with Crippen molar-refractivity contribution in [1.29, 1.82) is 0 Å².